The van der Waals surface area contributed by atoms with Crippen molar-refractivity contribution >= 4 is 18.0 Å². The van der Waals surface area contributed by atoms with Crippen molar-refractivity contribution in [3.63, 3.8) is 0 Å². The van der Waals surface area contributed by atoms with Crippen LogP contribution in [-0.4, -0.2) is 19.0 Å². The van der Waals surface area contributed by atoms with E-state index in [9.17, 15) is 9.59 Å². The molecule has 2 aromatic rings. The number of nitrogens with zero attached hydrogens (tertiary/aromatic N) is 1. The third-order valence-electron chi connectivity index (χ3n) is 2.87. The molecule has 0 fully saturated rings. The van der Waals surface area contributed by atoms with Crippen molar-refractivity contribution in [1.29, 1.82) is 5.26 Å². The molecule has 22 heavy (non-hydrogen) atoms. The molecule has 1 aromatic carbocycles. The van der Waals surface area contributed by atoms with Crippen LogP contribution < -0.4 is 5.73 Å². The highest BCUT2D eigenvalue weighted by molar-refractivity contribution is 6.00. The molecule has 0 aliphatic heterocycles. The van der Waals surface area contributed by atoms with Crippen LogP contribution >= 0.6 is 0 Å². The number of nitrogens with two attached hydrogens (primary N) is 1. The number of benzene rings is 1. The Morgan fingerprint density at radius 2 is 2.09 bits per heavy atom. The summed E-state index contributed by atoms with van der Waals surface area (Å²) in [5.41, 5.74) is 5.91. The summed E-state index contributed by atoms with van der Waals surface area (Å²) in [6, 6.07) is 11.7. The fourth-order valence-corrected chi connectivity index (χ4v) is 1.80. The molecule has 6 nitrogen and oxygen atoms in total. The number of ether oxygens (including phenoxy) is 1. The topological polar surface area (TPSA) is 106 Å². The van der Waals surface area contributed by atoms with Crippen LogP contribution in [0, 0.1) is 11.3 Å². The van der Waals surface area contributed by atoms with Crippen molar-refractivity contribution in [2.24, 2.45) is 5.73 Å². The van der Waals surface area contributed by atoms with Crippen LogP contribution in [0.1, 0.15) is 16.1 Å². The Morgan fingerprint density at radius 1 is 1.32 bits per heavy atom. The summed E-state index contributed by atoms with van der Waals surface area (Å²) in [5, 5.41) is 8.79. The lowest BCUT2D eigenvalue weighted by Crippen LogP contribution is -2.12. The van der Waals surface area contributed by atoms with Gasteiger partial charge in [0.15, 0.2) is 0 Å². The summed E-state index contributed by atoms with van der Waals surface area (Å²) < 4.78 is 10.2. The van der Waals surface area contributed by atoms with E-state index in [0.717, 1.165) is 0 Å². The van der Waals surface area contributed by atoms with Gasteiger partial charge < -0.3 is 14.9 Å². The number of esters is 1. The monoisotopic (exact) mass is 296 g/mol. The normalized spacial score (nSPS) is 10.8. The van der Waals surface area contributed by atoms with Gasteiger partial charge in [-0.2, -0.15) is 5.26 Å². The minimum atomic E-state index is -0.826. The first-order valence-corrected chi connectivity index (χ1v) is 6.25. The summed E-state index contributed by atoms with van der Waals surface area (Å²) in [7, 11) is 1.30. The molecule has 0 saturated heterocycles. The number of carbonyl (C=O) groups excluding carboxylic acids is 2. The number of nitriles is 1. The van der Waals surface area contributed by atoms with Crippen molar-refractivity contribution in [3.8, 4) is 17.4 Å². The van der Waals surface area contributed by atoms with Crippen molar-refractivity contribution in [2.75, 3.05) is 7.11 Å². The maximum Gasteiger partial charge on any atom is 0.337 e. The number of hydrogen-bond acceptors (Lipinski definition) is 5. The maximum atomic E-state index is 11.5. The van der Waals surface area contributed by atoms with Crippen molar-refractivity contribution < 1.29 is 18.7 Å². The van der Waals surface area contributed by atoms with E-state index in [1.165, 1.54) is 13.2 Å². The molecule has 0 saturated carbocycles. The molecule has 1 amide bonds. The number of rotatable bonds is 4. The first-order chi connectivity index (χ1) is 10.5. The predicted octanol–water partition coefficient (Wildman–Crippen LogP) is 2.13. The van der Waals surface area contributed by atoms with Gasteiger partial charge in [0.05, 0.1) is 12.7 Å². The molecular formula is C16H12N2O4. The zero-order valence-corrected chi connectivity index (χ0v) is 11.7. The maximum absolute atomic E-state index is 11.5. The Balaban J connectivity index is 2.35. The molecule has 110 valence electrons. The summed E-state index contributed by atoms with van der Waals surface area (Å²) >= 11 is 0. The number of amides is 1. The van der Waals surface area contributed by atoms with Gasteiger partial charge in [-0.05, 0) is 24.3 Å². The lowest BCUT2D eigenvalue weighted by Gasteiger charge is -2.01. The molecule has 1 heterocycles. The van der Waals surface area contributed by atoms with Crippen LogP contribution in [0.2, 0.25) is 0 Å². The molecule has 0 bridgehead atoms. The van der Waals surface area contributed by atoms with E-state index in [-0.39, 0.29) is 5.57 Å². The summed E-state index contributed by atoms with van der Waals surface area (Å²) in [5.74, 6) is -0.477. The number of furan rings is 1. The van der Waals surface area contributed by atoms with Gasteiger partial charge >= 0.3 is 5.97 Å². The molecule has 2 N–H and O–H groups in total. The van der Waals surface area contributed by atoms with Gasteiger partial charge in [0.25, 0.3) is 5.91 Å². The minimum absolute atomic E-state index is 0.204. The molecule has 0 radical (unpaired) electrons. The summed E-state index contributed by atoms with van der Waals surface area (Å²) in [4.78, 5) is 22.5. The van der Waals surface area contributed by atoms with Gasteiger partial charge in [-0.1, -0.05) is 12.1 Å². The van der Waals surface area contributed by atoms with Gasteiger partial charge in [-0.25, -0.2) is 4.79 Å². The lowest BCUT2D eigenvalue weighted by atomic mass is 10.1. The molecule has 0 aliphatic rings. The fraction of sp³-hybridized carbons (Fsp3) is 0.0625. The molecule has 1 aromatic heterocycles. The smallest absolute Gasteiger partial charge is 0.337 e. The van der Waals surface area contributed by atoms with E-state index in [1.54, 1.807) is 42.5 Å². The Bertz CT molecular complexity index is 796. The molecule has 2 rings (SSSR count). The highest BCUT2D eigenvalue weighted by Gasteiger charge is 2.10. The highest BCUT2D eigenvalue weighted by Crippen LogP contribution is 2.24. The molecule has 0 unspecified atom stereocenters. The number of methoxy groups -OCH3 is 1. The van der Waals surface area contributed by atoms with Gasteiger partial charge in [0.1, 0.15) is 23.2 Å². The minimum Gasteiger partial charge on any atom is -0.465 e. The molecule has 0 atom stereocenters. The van der Waals surface area contributed by atoms with Gasteiger partial charge in [0, 0.05) is 11.6 Å². The second-order valence-corrected chi connectivity index (χ2v) is 4.31. The Morgan fingerprint density at radius 3 is 2.73 bits per heavy atom. The van der Waals surface area contributed by atoms with E-state index < -0.39 is 11.9 Å². The molecular weight excluding hydrogens is 284 g/mol. The molecule has 6 heteroatoms. The largest absolute Gasteiger partial charge is 0.465 e. The van der Waals surface area contributed by atoms with E-state index in [0.29, 0.717) is 22.6 Å². The van der Waals surface area contributed by atoms with Crippen LogP contribution in [0.25, 0.3) is 17.4 Å². The summed E-state index contributed by atoms with van der Waals surface area (Å²) in [6.45, 7) is 0. The third kappa shape index (κ3) is 3.22. The van der Waals surface area contributed by atoms with Crippen LogP contribution in [0.3, 0.4) is 0 Å². The fourth-order valence-electron chi connectivity index (χ4n) is 1.80. The predicted molar refractivity (Wildman–Crippen MR) is 78.3 cm³/mol. The molecule has 0 spiro atoms. The third-order valence-corrected chi connectivity index (χ3v) is 2.87. The Hall–Kier alpha value is -3.33. The van der Waals surface area contributed by atoms with Crippen molar-refractivity contribution in [2.45, 2.75) is 0 Å². The number of carbonyl (C=O) groups is 2. The van der Waals surface area contributed by atoms with E-state index in [4.69, 9.17) is 15.4 Å². The Kier molecular flexibility index (Phi) is 4.39. The van der Waals surface area contributed by atoms with Crippen LogP contribution in [0.15, 0.2) is 46.4 Å². The van der Waals surface area contributed by atoms with Gasteiger partial charge in [-0.15, -0.1) is 0 Å². The number of primary amides is 1. The van der Waals surface area contributed by atoms with Crippen LogP contribution in [0.5, 0.6) is 0 Å². The zero-order valence-electron chi connectivity index (χ0n) is 11.7. The quantitative estimate of drug-likeness (QED) is 0.528. The van der Waals surface area contributed by atoms with Crippen molar-refractivity contribution in [3.05, 3.63) is 53.3 Å². The number of hydrogen-bond donors (Lipinski definition) is 1. The highest BCUT2D eigenvalue weighted by atomic mass is 16.5. The van der Waals surface area contributed by atoms with Crippen LogP contribution in [0.4, 0.5) is 0 Å². The van der Waals surface area contributed by atoms with Crippen molar-refractivity contribution in [1.82, 2.24) is 0 Å². The van der Waals surface area contributed by atoms with E-state index >= 15 is 0 Å². The van der Waals surface area contributed by atoms with Gasteiger partial charge in [0.2, 0.25) is 0 Å². The van der Waals surface area contributed by atoms with Crippen LogP contribution in [-0.2, 0) is 9.53 Å². The second-order valence-electron chi connectivity index (χ2n) is 4.31. The van der Waals surface area contributed by atoms with Gasteiger partial charge in [-0.3, -0.25) is 4.79 Å². The standard InChI is InChI=1S/C16H12N2O4/c1-21-16(20)11-4-2-3-10(7-11)14-6-5-13(22-14)8-12(9-17)15(18)19/h2-8H,1H3,(H2,18,19)/b12-8+. The first kappa shape index (κ1) is 15.1. The SMILES string of the molecule is COC(=O)c1cccc(-c2ccc(/C=C(\C#N)C(N)=O)o2)c1. The lowest BCUT2D eigenvalue weighted by molar-refractivity contribution is -0.114. The first-order valence-electron chi connectivity index (χ1n) is 6.25. The van der Waals surface area contributed by atoms with E-state index in [1.807, 2.05) is 0 Å². The zero-order chi connectivity index (χ0) is 16.1. The second kappa shape index (κ2) is 6.41. The average Bonchev–Trinajstić information content (AvgIpc) is 3.00. The average molecular weight is 296 g/mol. The van der Waals surface area contributed by atoms with E-state index in [2.05, 4.69) is 4.74 Å². The summed E-state index contributed by atoms with van der Waals surface area (Å²) in [6.07, 6.45) is 1.26. The Labute approximate surface area is 126 Å². The molecule has 0 aliphatic carbocycles.